The van der Waals surface area contributed by atoms with Crippen LogP contribution in [0, 0.1) is 5.92 Å². The SMILES string of the molecule is O[C@@H]1[C@@H](O)[C@@H]2C[C@H](CCl)[C@H]1O[C@H]1O[C@H](CCl)[C@@H](O[C@H]3O[C@H](CCl)[C@@H](O[C@H]4O[C@H](CCl)[C@@H](O[C@H]5O[C@H](CCl)[C@H]6O[C@H]7O[C@H](CCl)[C@@H](O[C@H]8O[C@H](CCl)[C@@H](O[C@H]9O[C@H](CCl)[C@@H](O2)[C@H](O)[C@H]9O)[C@H](O)[C@H]8O)[C@H](O)[C@H]7OCO[C@@H]6[C@H]5O)[C@H](O)[C@H]4O)[C@H](O)[C@H]3O)[C@H](O)[C@H]1O. The monoisotopic (exact) mass is 1450 g/mol. The zero-order valence-corrected chi connectivity index (χ0v) is 52.4. The topological polar surface area (TPSA) is 440 Å². The summed E-state index contributed by atoms with van der Waals surface area (Å²) in [6, 6.07) is 0. The van der Waals surface area contributed by atoms with Gasteiger partial charge in [0.25, 0.3) is 0 Å². The Labute approximate surface area is 547 Å². The lowest BCUT2D eigenvalue weighted by Gasteiger charge is -2.52. The third-order valence-corrected chi connectivity index (χ3v) is 20.2. The summed E-state index contributed by atoms with van der Waals surface area (Å²) in [6.07, 6.45) is -66.4. The van der Waals surface area contributed by atoms with E-state index >= 15 is 0 Å². The number of rotatable bonds is 8. The smallest absolute Gasteiger partial charge is 0.187 e. The van der Waals surface area contributed by atoms with E-state index in [1.165, 1.54) is 0 Å². The molecule has 0 amide bonds. The highest BCUT2D eigenvalue weighted by Gasteiger charge is 2.61. The minimum absolute atomic E-state index is 0.232. The van der Waals surface area contributed by atoms with Gasteiger partial charge in [-0.05, 0) is 6.42 Å². The Kier molecular flexibility index (Phi) is 25.8. The van der Waals surface area contributed by atoms with E-state index in [1.54, 1.807) is 0 Å². The molecule has 0 aromatic heterocycles. The summed E-state index contributed by atoms with van der Waals surface area (Å²) in [5, 5.41) is 163. The molecule has 32 aliphatic rings. The van der Waals surface area contributed by atoms with E-state index in [-0.39, 0.29) is 18.2 Å². The van der Waals surface area contributed by atoms with Gasteiger partial charge in [-0.3, -0.25) is 0 Å². The molecule has 32 fully saturated rings. The van der Waals surface area contributed by atoms with Crippen LogP contribution in [0.15, 0.2) is 0 Å². The summed E-state index contributed by atoms with van der Waals surface area (Å²) >= 11 is 51.0. The van der Waals surface area contributed by atoms with E-state index in [2.05, 4.69) is 0 Å². The van der Waals surface area contributed by atoms with E-state index in [1.807, 2.05) is 0 Å². The molecule has 89 heavy (non-hydrogen) atoms. The number of aliphatic hydroxyl groups excluding tert-OH is 14. The molecule has 1 saturated carbocycles. The number of hydrogen-bond donors (Lipinski definition) is 14. The van der Waals surface area contributed by atoms with E-state index < -0.39 is 287 Å². The van der Waals surface area contributed by atoms with Crippen LogP contribution in [-0.4, -0.2) is 365 Å². The van der Waals surface area contributed by atoms with Gasteiger partial charge in [0.05, 0.1) is 53.4 Å². The van der Waals surface area contributed by atoms with E-state index in [0.717, 1.165) is 0 Å². The Morgan fingerprint density at radius 3 is 0.809 bits per heavy atom. The average Bonchev–Trinajstić information content (AvgIpc) is 1.31. The van der Waals surface area contributed by atoms with Crippen molar-refractivity contribution in [3.8, 4) is 0 Å². The summed E-state index contributed by atoms with van der Waals surface area (Å²) < 4.78 is 103. The molecule has 32 rings (SSSR count). The minimum atomic E-state index is -2.06. The van der Waals surface area contributed by atoms with Crippen LogP contribution in [0.25, 0.3) is 0 Å². The van der Waals surface area contributed by atoms with Crippen LogP contribution in [0.1, 0.15) is 6.42 Å². The largest absolute Gasteiger partial charge is 0.388 e. The molecule has 0 spiro atoms. The first kappa shape index (κ1) is 72.8. The van der Waals surface area contributed by atoms with Crippen molar-refractivity contribution in [2.45, 2.75) is 246 Å². The third-order valence-electron chi connectivity index (χ3n) is 17.7. The van der Waals surface area contributed by atoms with Gasteiger partial charge in [0, 0.05) is 11.8 Å². The van der Waals surface area contributed by atoms with Crippen LogP contribution in [0.3, 0.4) is 0 Å². The number of aliphatic hydroxyl groups is 14. The van der Waals surface area contributed by atoms with Crippen molar-refractivity contribution in [3.63, 3.8) is 0 Å². The number of halogens is 8. The maximum absolute atomic E-state index is 11.9. The lowest BCUT2D eigenvalue weighted by atomic mass is 9.81. The molecule has 40 atom stereocenters. The molecule has 31 heterocycles. The van der Waals surface area contributed by atoms with Gasteiger partial charge in [-0.2, -0.15) is 0 Å². The summed E-state index contributed by atoms with van der Waals surface area (Å²) in [7, 11) is 0. The molecule has 516 valence electrons. The van der Waals surface area contributed by atoms with Crippen LogP contribution in [-0.2, 0) is 80.5 Å². The minimum Gasteiger partial charge on any atom is -0.388 e. The fourth-order valence-electron chi connectivity index (χ4n) is 12.7. The van der Waals surface area contributed by atoms with E-state index in [0.29, 0.717) is 0 Å². The van der Waals surface area contributed by atoms with Crippen molar-refractivity contribution >= 4 is 92.8 Å². The summed E-state index contributed by atoms with van der Waals surface area (Å²) in [5.74, 6) is -4.41. The highest BCUT2D eigenvalue weighted by Crippen LogP contribution is 2.42. The molecule has 0 radical (unpaired) electrons. The van der Waals surface area contributed by atoms with Gasteiger partial charge >= 0.3 is 0 Å². The van der Waals surface area contributed by atoms with Gasteiger partial charge in [0.15, 0.2) is 44.0 Å². The number of ether oxygens (including phenoxy) is 17. The summed E-state index contributed by atoms with van der Waals surface area (Å²) in [6.45, 7) is -0.692. The second kappa shape index (κ2) is 31.5. The normalized spacial score (nSPS) is 55.5. The molecule has 31 aliphatic heterocycles. The Morgan fingerprint density at radius 2 is 0.472 bits per heavy atom. The Morgan fingerprint density at radius 1 is 0.213 bits per heavy atom. The molecular weight excluding hydrogens is 1380 g/mol. The van der Waals surface area contributed by atoms with Crippen LogP contribution in [0.5, 0.6) is 0 Å². The predicted molar refractivity (Wildman–Crippen MR) is 296 cm³/mol. The van der Waals surface area contributed by atoms with Crippen LogP contribution >= 0.6 is 92.8 Å². The Hall–Kier alpha value is 1.08. The predicted octanol–water partition coefficient (Wildman–Crippen LogP) is -5.75. The third kappa shape index (κ3) is 14.6. The molecule has 0 aromatic rings. The second-order valence-electron chi connectivity index (χ2n) is 23.1. The zero-order valence-electron chi connectivity index (χ0n) is 46.4. The van der Waals surface area contributed by atoms with Crippen molar-refractivity contribution in [2.24, 2.45) is 5.92 Å². The van der Waals surface area contributed by atoms with Crippen LogP contribution in [0.2, 0.25) is 0 Å². The lowest BCUT2D eigenvalue weighted by Crippen LogP contribution is -2.69. The van der Waals surface area contributed by atoms with Gasteiger partial charge < -0.3 is 152 Å². The molecule has 31 saturated heterocycles. The standard InChI is InChI=1S/C50H74Cl8O31/c51-2-11-1-12-20(59)21(60)34(11)83-44-28(67)23(62)36(14(4-53)77-44)85-46-29(68)24(63)37(15(5-54)78-46)86-47-30(69)26(65)39(17(7-56)79-47)87-49-33(72)42-41(19(9-58)81-49)89-50-43(74-10-73-42)32(71)40(18(8-57)82-50)88-48-31(70)25(64)38(16(6-55)80-48)84-45-27(66)22(61)35(75-12)13(3-52)76-45/h11-50,59-72H,1-10H2/t11-,12+,13-,14-,15-,16-,17-,18-,19-,20+,21-,22-,23-,24-,25-,26-,27-,28-,29-,30-,31-,32+,33-,34-,35-,36-,37-,38-,39-,40-,41-,42-,43-,44-,45-,46-,47-,48-,49-,50-/m1/s1. The Bertz CT molecular complexity index is 2220. The highest BCUT2D eigenvalue weighted by atomic mass is 35.5. The summed E-state index contributed by atoms with van der Waals surface area (Å²) in [5.41, 5.74) is 0. The van der Waals surface area contributed by atoms with Crippen LogP contribution in [0.4, 0.5) is 0 Å². The molecule has 1 aliphatic carbocycles. The van der Waals surface area contributed by atoms with Gasteiger partial charge in [-0.1, -0.05) is 0 Å². The van der Waals surface area contributed by atoms with Crippen LogP contribution < -0.4 is 0 Å². The summed E-state index contributed by atoms with van der Waals surface area (Å²) in [4.78, 5) is 0. The fourth-order valence-corrected chi connectivity index (χ4v) is 14.8. The zero-order chi connectivity index (χ0) is 64.2. The lowest BCUT2D eigenvalue weighted by molar-refractivity contribution is -0.410. The molecule has 14 N–H and O–H groups in total. The van der Waals surface area contributed by atoms with Crippen molar-refractivity contribution < 1.29 is 152 Å². The van der Waals surface area contributed by atoms with E-state index in [4.69, 9.17) is 173 Å². The van der Waals surface area contributed by atoms with E-state index in [9.17, 15) is 71.5 Å². The molecule has 31 nitrogen and oxygen atoms in total. The molecular formula is C50H74Cl8O31. The van der Waals surface area contributed by atoms with Crippen molar-refractivity contribution in [1.29, 1.82) is 0 Å². The first-order chi connectivity index (χ1) is 42.6. The molecule has 0 unspecified atom stereocenters. The van der Waals surface area contributed by atoms with Gasteiger partial charge in [0.2, 0.25) is 0 Å². The van der Waals surface area contributed by atoms with Gasteiger partial charge in [-0.15, -0.1) is 92.8 Å². The highest BCUT2D eigenvalue weighted by molar-refractivity contribution is 6.19. The maximum atomic E-state index is 11.9. The molecule has 39 heteroatoms. The second-order valence-corrected chi connectivity index (χ2v) is 25.6. The van der Waals surface area contributed by atoms with Crippen molar-refractivity contribution in [3.05, 3.63) is 0 Å². The number of alkyl halides is 8. The molecule has 0 aromatic carbocycles. The van der Waals surface area contributed by atoms with Crippen molar-refractivity contribution in [1.82, 2.24) is 0 Å². The quantitative estimate of drug-likeness (QED) is 0.101. The first-order valence-corrected chi connectivity index (χ1v) is 32.9. The van der Waals surface area contributed by atoms with Crippen molar-refractivity contribution in [2.75, 3.05) is 53.8 Å². The fraction of sp³-hybridized carbons (Fsp3) is 1.00. The molecule has 18 bridgehead atoms. The average molecular weight is 1450 g/mol. The maximum Gasteiger partial charge on any atom is 0.187 e. The van der Waals surface area contributed by atoms with Gasteiger partial charge in [-0.25, -0.2) is 0 Å². The number of hydrogen-bond acceptors (Lipinski definition) is 31. The first-order valence-electron chi connectivity index (χ1n) is 28.6. The Balaban J connectivity index is 0.917. The van der Waals surface area contributed by atoms with Gasteiger partial charge in [0.1, 0.15) is 190 Å².